The lowest BCUT2D eigenvalue weighted by atomic mass is 10.1. The number of hydrogen-bond acceptors (Lipinski definition) is 3. The van der Waals surface area contributed by atoms with Crippen LogP contribution in [0.25, 0.3) is 0 Å². The van der Waals surface area contributed by atoms with E-state index in [1.807, 2.05) is 17.6 Å². The summed E-state index contributed by atoms with van der Waals surface area (Å²) in [4.78, 5) is 4.30. The van der Waals surface area contributed by atoms with Gasteiger partial charge < -0.3 is 5.32 Å². The number of aryl methyl sites for hydroxylation is 1. The summed E-state index contributed by atoms with van der Waals surface area (Å²) in [7, 11) is 0. The molecule has 1 aromatic carbocycles. The molecule has 0 saturated heterocycles. The molecule has 0 radical (unpaired) electrons. The number of nitrogens with zero attached hydrogens (tertiary/aromatic N) is 1. The number of nitrogens with one attached hydrogen (secondary N) is 1. The van der Waals surface area contributed by atoms with E-state index in [0.717, 1.165) is 24.4 Å². The highest BCUT2D eigenvalue weighted by molar-refractivity contribution is 7.09. The first-order valence-corrected chi connectivity index (χ1v) is 7.49. The van der Waals surface area contributed by atoms with Gasteiger partial charge in [0.05, 0.1) is 5.01 Å². The molecule has 0 bridgehead atoms. The number of benzene rings is 1. The van der Waals surface area contributed by atoms with Gasteiger partial charge in [0.2, 0.25) is 0 Å². The van der Waals surface area contributed by atoms with Crippen molar-refractivity contribution in [3.8, 4) is 0 Å². The zero-order valence-corrected chi connectivity index (χ0v) is 11.6. The molecule has 1 atom stereocenters. The van der Waals surface area contributed by atoms with Gasteiger partial charge in [-0.1, -0.05) is 17.7 Å². The lowest BCUT2D eigenvalue weighted by Gasteiger charge is -2.13. The Bertz CT molecular complexity index is 525. The fourth-order valence-electron chi connectivity index (χ4n) is 2.53. The van der Waals surface area contributed by atoms with Crippen molar-refractivity contribution < 1.29 is 0 Å². The third-order valence-corrected chi connectivity index (χ3v) is 4.47. The van der Waals surface area contributed by atoms with Crippen molar-refractivity contribution in [2.75, 3.05) is 6.54 Å². The fourth-order valence-corrected chi connectivity index (χ4v) is 3.34. The van der Waals surface area contributed by atoms with Crippen LogP contribution in [0, 0.1) is 0 Å². The van der Waals surface area contributed by atoms with E-state index in [2.05, 4.69) is 22.4 Å². The first-order valence-electron chi connectivity index (χ1n) is 6.23. The van der Waals surface area contributed by atoms with E-state index >= 15 is 0 Å². The molecule has 2 nitrogen and oxygen atoms in total. The van der Waals surface area contributed by atoms with E-state index in [-0.39, 0.29) is 0 Å². The maximum absolute atomic E-state index is 6.02. The lowest BCUT2D eigenvalue weighted by Crippen LogP contribution is -2.21. The van der Waals surface area contributed by atoms with E-state index in [0.29, 0.717) is 6.04 Å². The monoisotopic (exact) mass is 278 g/mol. The maximum Gasteiger partial charge on any atom is 0.0937 e. The van der Waals surface area contributed by atoms with E-state index in [9.17, 15) is 0 Å². The van der Waals surface area contributed by atoms with Crippen molar-refractivity contribution in [3.63, 3.8) is 0 Å². The number of hydrogen-bond donors (Lipinski definition) is 1. The highest BCUT2D eigenvalue weighted by atomic mass is 35.5. The summed E-state index contributed by atoms with van der Waals surface area (Å²) in [6.07, 6.45) is 5.18. The zero-order chi connectivity index (χ0) is 12.4. The van der Waals surface area contributed by atoms with Crippen LogP contribution >= 0.6 is 22.9 Å². The molecule has 0 amide bonds. The van der Waals surface area contributed by atoms with Crippen molar-refractivity contribution in [3.05, 3.63) is 50.9 Å². The Kier molecular flexibility index (Phi) is 3.64. The van der Waals surface area contributed by atoms with Gasteiger partial charge in [-0.25, -0.2) is 4.98 Å². The van der Waals surface area contributed by atoms with Crippen molar-refractivity contribution >= 4 is 22.9 Å². The molecule has 4 heteroatoms. The van der Waals surface area contributed by atoms with Crippen molar-refractivity contribution in [1.29, 1.82) is 0 Å². The molecule has 0 fully saturated rings. The first-order chi connectivity index (χ1) is 8.83. The Morgan fingerprint density at radius 3 is 3.22 bits per heavy atom. The maximum atomic E-state index is 6.02. The van der Waals surface area contributed by atoms with Crippen LogP contribution in [-0.4, -0.2) is 11.5 Å². The Morgan fingerprint density at radius 2 is 2.39 bits per heavy atom. The number of aromatic nitrogens is 1. The van der Waals surface area contributed by atoms with Crippen LogP contribution in [0.3, 0.4) is 0 Å². The Morgan fingerprint density at radius 1 is 1.44 bits per heavy atom. The summed E-state index contributed by atoms with van der Waals surface area (Å²) >= 11 is 7.74. The molecular formula is C14H15ClN2S. The molecule has 94 valence electrons. The summed E-state index contributed by atoms with van der Waals surface area (Å²) in [5.41, 5.74) is 2.81. The third-order valence-electron chi connectivity index (χ3n) is 3.40. The highest BCUT2D eigenvalue weighted by Gasteiger charge is 2.21. The highest BCUT2D eigenvalue weighted by Crippen LogP contribution is 2.32. The Labute approximate surface area is 116 Å². The zero-order valence-electron chi connectivity index (χ0n) is 10.0. The molecule has 1 heterocycles. The topological polar surface area (TPSA) is 24.9 Å². The summed E-state index contributed by atoms with van der Waals surface area (Å²) in [6, 6.07) is 6.73. The van der Waals surface area contributed by atoms with Crippen LogP contribution in [-0.2, 0) is 12.8 Å². The molecule has 1 N–H and O–H groups in total. The molecule has 1 aliphatic rings. The third kappa shape index (κ3) is 2.58. The van der Waals surface area contributed by atoms with E-state index in [1.54, 1.807) is 11.3 Å². The normalized spacial score (nSPS) is 17.9. The molecule has 1 aliphatic carbocycles. The quantitative estimate of drug-likeness (QED) is 0.924. The van der Waals surface area contributed by atoms with Crippen LogP contribution < -0.4 is 5.32 Å². The SMILES string of the molecule is Clc1ccc2c(c1)CCC2NCCc1nccs1. The summed E-state index contributed by atoms with van der Waals surface area (Å²) < 4.78 is 0. The van der Waals surface area contributed by atoms with Gasteiger partial charge in [-0.15, -0.1) is 11.3 Å². The second-order valence-electron chi connectivity index (χ2n) is 4.56. The van der Waals surface area contributed by atoms with Crippen molar-refractivity contribution in [2.45, 2.75) is 25.3 Å². The predicted octanol–water partition coefficient (Wildman–Crippen LogP) is 3.62. The Hall–Kier alpha value is -0.900. The minimum Gasteiger partial charge on any atom is -0.310 e. The van der Waals surface area contributed by atoms with Gasteiger partial charge in [-0.3, -0.25) is 0 Å². The minimum absolute atomic E-state index is 0.484. The standard InChI is InChI=1S/C14H15ClN2S/c15-11-2-3-12-10(9-11)1-4-13(12)16-6-5-14-17-7-8-18-14/h2-3,7-9,13,16H,1,4-6H2. The predicted molar refractivity (Wildman–Crippen MR) is 76.3 cm³/mol. The summed E-state index contributed by atoms with van der Waals surface area (Å²) in [5.74, 6) is 0. The van der Waals surface area contributed by atoms with Crippen molar-refractivity contribution in [1.82, 2.24) is 10.3 Å². The molecule has 1 unspecified atom stereocenters. The van der Waals surface area contributed by atoms with Crippen molar-refractivity contribution in [2.24, 2.45) is 0 Å². The van der Waals surface area contributed by atoms with Gasteiger partial charge in [0.1, 0.15) is 0 Å². The van der Waals surface area contributed by atoms with Crippen LogP contribution in [0.2, 0.25) is 5.02 Å². The molecule has 1 aromatic heterocycles. The van der Waals surface area contributed by atoms with Crippen LogP contribution in [0.15, 0.2) is 29.8 Å². The lowest BCUT2D eigenvalue weighted by molar-refractivity contribution is 0.533. The minimum atomic E-state index is 0.484. The summed E-state index contributed by atoms with van der Waals surface area (Å²) in [6.45, 7) is 0.986. The average molecular weight is 279 g/mol. The van der Waals surface area contributed by atoms with Gasteiger partial charge in [-0.2, -0.15) is 0 Å². The molecule has 0 saturated carbocycles. The van der Waals surface area contributed by atoms with Gasteiger partial charge in [-0.05, 0) is 36.1 Å². The molecular weight excluding hydrogens is 264 g/mol. The van der Waals surface area contributed by atoms with Gasteiger partial charge >= 0.3 is 0 Å². The van der Waals surface area contributed by atoms with Crippen LogP contribution in [0.1, 0.15) is 28.6 Å². The molecule has 18 heavy (non-hydrogen) atoms. The molecule has 0 aliphatic heterocycles. The average Bonchev–Trinajstić information content (AvgIpc) is 2.99. The number of fused-ring (bicyclic) bond motifs is 1. The second-order valence-corrected chi connectivity index (χ2v) is 5.98. The van der Waals surface area contributed by atoms with Crippen LogP contribution in [0.4, 0.5) is 0 Å². The number of rotatable bonds is 4. The van der Waals surface area contributed by atoms with E-state index in [4.69, 9.17) is 11.6 Å². The number of halogens is 1. The molecule has 3 rings (SSSR count). The van der Waals surface area contributed by atoms with Gasteiger partial charge in [0.25, 0.3) is 0 Å². The second kappa shape index (κ2) is 5.39. The van der Waals surface area contributed by atoms with Gasteiger partial charge in [0.15, 0.2) is 0 Å². The molecule has 2 aromatic rings. The number of thiazole rings is 1. The molecule has 0 spiro atoms. The smallest absolute Gasteiger partial charge is 0.0937 e. The van der Waals surface area contributed by atoms with E-state index in [1.165, 1.54) is 22.6 Å². The van der Waals surface area contributed by atoms with Crippen LogP contribution in [0.5, 0.6) is 0 Å². The fraction of sp³-hybridized carbons (Fsp3) is 0.357. The first kappa shape index (κ1) is 12.2. The van der Waals surface area contributed by atoms with E-state index < -0.39 is 0 Å². The largest absolute Gasteiger partial charge is 0.310 e. The van der Waals surface area contributed by atoms with Gasteiger partial charge in [0, 0.05) is 35.6 Å². The summed E-state index contributed by atoms with van der Waals surface area (Å²) in [5, 5.41) is 7.70. The Balaban J connectivity index is 1.59.